The normalized spacial score (nSPS) is 15.0. The van der Waals surface area contributed by atoms with Gasteiger partial charge in [-0.25, -0.2) is 0 Å². The second kappa shape index (κ2) is 10.0. The van der Waals surface area contributed by atoms with Crippen LogP contribution in [0.25, 0.3) is 0 Å². The molecule has 1 fully saturated rings. The van der Waals surface area contributed by atoms with E-state index in [1.165, 1.54) is 6.42 Å². The maximum Gasteiger partial charge on any atom is 0.223 e. The number of benzene rings is 1. The molecule has 0 heterocycles. The summed E-state index contributed by atoms with van der Waals surface area (Å²) in [5, 5.41) is 4.19. The fourth-order valence-corrected chi connectivity index (χ4v) is 3.73. The van der Waals surface area contributed by atoms with Crippen LogP contribution in [0.3, 0.4) is 0 Å². The Morgan fingerprint density at radius 2 is 1.88 bits per heavy atom. The van der Waals surface area contributed by atoms with Gasteiger partial charge in [0.05, 0.1) is 0 Å². The number of hydrogen-bond acceptors (Lipinski definition) is 2. The molecule has 1 N–H and O–H groups in total. The Bertz CT molecular complexity index is 601. The van der Waals surface area contributed by atoms with Crippen LogP contribution in [0.15, 0.2) is 18.2 Å². The predicted octanol–water partition coefficient (Wildman–Crippen LogP) is 4.08. The van der Waals surface area contributed by atoms with E-state index in [0.29, 0.717) is 36.1 Å². The zero-order valence-corrected chi connectivity index (χ0v) is 16.2. The Morgan fingerprint density at radius 1 is 1.16 bits per heavy atom. The van der Waals surface area contributed by atoms with Crippen molar-refractivity contribution < 1.29 is 9.59 Å². The molecule has 0 atom stereocenters. The van der Waals surface area contributed by atoms with E-state index in [1.54, 1.807) is 24.0 Å². The van der Waals surface area contributed by atoms with E-state index in [-0.39, 0.29) is 17.7 Å². The third kappa shape index (κ3) is 6.52. The van der Waals surface area contributed by atoms with E-state index < -0.39 is 0 Å². The second-order valence-corrected chi connectivity index (χ2v) is 7.46. The lowest BCUT2D eigenvalue weighted by Crippen LogP contribution is -2.40. The number of nitrogens with zero attached hydrogens (tertiary/aromatic N) is 1. The Hall–Kier alpha value is -1.26. The number of carbonyl (C=O) groups is 2. The maximum atomic E-state index is 12.2. The van der Waals surface area contributed by atoms with Gasteiger partial charge in [-0.15, -0.1) is 0 Å². The molecular weight excluding hydrogens is 359 g/mol. The first-order valence-corrected chi connectivity index (χ1v) is 9.70. The SMILES string of the molecule is CC(=O)N(CCNC(=O)C1CCCCC1)CCc1ccc(Cl)cc1Cl. The van der Waals surface area contributed by atoms with Crippen LogP contribution in [0.4, 0.5) is 0 Å². The molecule has 0 spiro atoms. The summed E-state index contributed by atoms with van der Waals surface area (Å²) in [7, 11) is 0. The molecule has 25 heavy (non-hydrogen) atoms. The summed E-state index contributed by atoms with van der Waals surface area (Å²) >= 11 is 12.1. The fourth-order valence-electron chi connectivity index (χ4n) is 3.23. The molecule has 0 saturated heterocycles. The van der Waals surface area contributed by atoms with Gasteiger partial charge in [-0.3, -0.25) is 9.59 Å². The summed E-state index contributed by atoms with van der Waals surface area (Å²) in [5.41, 5.74) is 0.962. The van der Waals surface area contributed by atoms with E-state index in [0.717, 1.165) is 31.2 Å². The van der Waals surface area contributed by atoms with E-state index in [4.69, 9.17) is 23.2 Å². The maximum absolute atomic E-state index is 12.2. The summed E-state index contributed by atoms with van der Waals surface area (Å²) in [6.45, 7) is 3.12. The first kappa shape index (κ1) is 20.1. The third-order valence-electron chi connectivity index (χ3n) is 4.77. The first-order chi connectivity index (χ1) is 12.0. The molecule has 6 heteroatoms. The molecular formula is C19H26Cl2N2O2. The molecule has 0 bridgehead atoms. The molecule has 1 aromatic carbocycles. The molecule has 0 aromatic heterocycles. The number of rotatable bonds is 7. The monoisotopic (exact) mass is 384 g/mol. The second-order valence-electron chi connectivity index (χ2n) is 6.62. The third-order valence-corrected chi connectivity index (χ3v) is 5.36. The summed E-state index contributed by atoms with van der Waals surface area (Å²) in [5.74, 6) is 0.272. The Labute approximate surface area is 159 Å². The summed E-state index contributed by atoms with van der Waals surface area (Å²) in [6.07, 6.45) is 6.13. The average Bonchev–Trinajstić information content (AvgIpc) is 2.59. The van der Waals surface area contributed by atoms with Gasteiger partial charge in [-0.1, -0.05) is 48.5 Å². The van der Waals surface area contributed by atoms with Crippen LogP contribution in [0.2, 0.25) is 10.0 Å². The van der Waals surface area contributed by atoms with Crippen molar-refractivity contribution in [2.75, 3.05) is 19.6 Å². The Morgan fingerprint density at radius 3 is 2.52 bits per heavy atom. The molecule has 138 valence electrons. The summed E-state index contributed by atoms with van der Waals surface area (Å²) < 4.78 is 0. The Balaban J connectivity index is 1.78. The van der Waals surface area contributed by atoms with Gasteiger partial charge in [-0.05, 0) is 37.0 Å². The summed E-state index contributed by atoms with van der Waals surface area (Å²) in [4.78, 5) is 25.7. The zero-order chi connectivity index (χ0) is 18.2. The van der Waals surface area contributed by atoms with E-state index >= 15 is 0 Å². The molecule has 1 aliphatic carbocycles. The molecule has 0 radical (unpaired) electrons. The molecule has 1 aliphatic rings. The molecule has 0 unspecified atom stereocenters. The minimum atomic E-state index is -0.00278. The largest absolute Gasteiger partial charge is 0.354 e. The van der Waals surface area contributed by atoms with Crippen molar-refractivity contribution in [2.24, 2.45) is 5.92 Å². The first-order valence-electron chi connectivity index (χ1n) is 8.94. The molecule has 1 aromatic rings. The van der Waals surface area contributed by atoms with Crippen LogP contribution in [-0.4, -0.2) is 36.3 Å². The summed E-state index contributed by atoms with van der Waals surface area (Å²) in [6, 6.07) is 5.39. The molecule has 2 rings (SSSR count). The van der Waals surface area contributed by atoms with Gasteiger partial charge in [0.15, 0.2) is 0 Å². The van der Waals surface area contributed by atoms with Gasteiger partial charge >= 0.3 is 0 Å². The lowest BCUT2D eigenvalue weighted by Gasteiger charge is -2.24. The fraction of sp³-hybridized carbons (Fsp3) is 0.579. The highest BCUT2D eigenvalue weighted by molar-refractivity contribution is 6.35. The number of halogens is 2. The molecule has 0 aliphatic heterocycles. The smallest absolute Gasteiger partial charge is 0.223 e. The Kier molecular flexibility index (Phi) is 8.04. The van der Waals surface area contributed by atoms with Crippen molar-refractivity contribution in [1.29, 1.82) is 0 Å². The highest BCUT2D eigenvalue weighted by Gasteiger charge is 2.20. The standard InChI is InChI=1S/C19H26Cl2N2O2/c1-14(24)23(11-9-15-7-8-17(20)13-18(15)21)12-10-22-19(25)16-5-3-2-4-6-16/h7-8,13,16H,2-6,9-12H2,1H3,(H,22,25). The van der Waals surface area contributed by atoms with Crippen LogP contribution in [0, 0.1) is 5.92 Å². The van der Waals surface area contributed by atoms with E-state index in [9.17, 15) is 9.59 Å². The molecule has 2 amide bonds. The van der Waals surface area contributed by atoms with Crippen LogP contribution in [-0.2, 0) is 16.0 Å². The van der Waals surface area contributed by atoms with E-state index in [1.807, 2.05) is 6.07 Å². The van der Waals surface area contributed by atoms with Crippen molar-refractivity contribution in [2.45, 2.75) is 45.4 Å². The highest BCUT2D eigenvalue weighted by Crippen LogP contribution is 2.23. The predicted molar refractivity (Wildman–Crippen MR) is 102 cm³/mol. The average molecular weight is 385 g/mol. The van der Waals surface area contributed by atoms with Gasteiger partial charge in [0.1, 0.15) is 0 Å². The van der Waals surface area contributed by atoms with Gasteiger partial charge in [0.2, 0.25) is 11.8 Å². The van der Waals surface area contributed by atoms with E-state index in [2.05, 4.69) is 5.32 Å². The molecule has 1 saturated carbocycles. The lowest BCUT2D eigenvalue weighted by molar-refractivity contribution is -0.130. The van der Waals surface area contributed by atoms with Gasteiger partial charge < -0.3 is 10.2 Å². The van der Waals surface area contributed by atoms with Crippen LogP contribution >= 0.6 is 23.2 Å². The quantitative estimate of drug-likeness (QED) is 0.769. The van der Waals surface area contributed by atoms with Crippen LogP contribution < -0.4 is 5.32 Å². The van der Waals surface area contributed by atoms with Crippen molar-refractivity contribution in [1.82, 2.24) is 10.2 Å². The lowest BCUT2D eigenvalue weighted by atomic mass is 9.89. The van der Waals surface area contributed by atoms with Gasteiger partial charge in [0, 0.05) is 42.5 Å². The van der Waals surface area contributed by atoms with Gasteiger partial charge in [-0.2, -0.15) is 0 Å². The highest BCUT2D eigenvalue weighted by atomic mass is 35.5. The minimum absolute atomic E-state index is 0.00278. The van der Waals surface area contributed by atoms with Crippen molar-refractivity contribution in [3.8, 4) is 0 Å². The van der Waals surface area contributed by atoms with Crippen molar-refractivity contribution in [3.05, 3.63) is 33.8 Å². The minimum Gasteiger partial charge on any atom is -0.354 e. The molecule has 4 nitrogen and oxygen atoms in total. The number of hydrogen-bond donors (Lipinski definition) is 1. The van der Waals surface area contributed by atoms with Crippen molar-refractivity contribution in [3.63, 3.8) is 0 Å². The topological polar surface area (TPSA) is 49.4 Å². The number of amides is 2. The number of nitrogens with one attached hydrogen (secondary N) is 1. The van der Waals surface area contributed by atoms with Crippen LogP contribution in [0.1, 0.15) is 44.6 Å². The van der Waals surface area contributed by atoms with Crippen molar-refractivity contribution >= 4 is 35.0 Å². The van der Waals surface area contributed by atoms with Gasteiger partial charge in [0.25, 0.3) is 0 Å². The van der Waals surface area contributed by atoms with Crippen LogP contribution in [0.5, 0.6) is 0 Å². The zero-order valence-electron chi connectivity index (χ0n) is 14.7. The number of carbonyl (C=O) groups excluding carboxylic acids is 2.